The molecule has 0 N–H and O–H groups in total. The van der Waals surface area contributed by atoms with Crippen LogP contribution in [0.2, 0.25) is 0 Å². The van der Waals surface area contributed by atoms with Gasteiger partial charge in [-0.2, -0.15) is 0 Å². The first kappa shape index (κ1) is 16.0. The predicted octanol–water partition coefficient (Wildman–Crippen LogP) is 1.49. The maximum absolute atomic E-state index is 12.5. The molecule has 1 heterocycles. The Kier molecular flexibility index (Phi) is 5.00. The number of amides is 1. The van der Waals surface area contributed by atoms with Gasteiger partial charge in [0.25, 0.3) is 5.91 Å². The summed E-state index contributed by atoms with van der Waals surface area (Å²) in [5, 5.41) is 0. The second-order valence-electron chi connectivity index (χ2n) is 5.31. The number of hydrogen-bond donors (Lipinski definition) is 0. The Bertz CT molecular complexity index is 613. The first-order valence-corrected chi connectivity index (χ1v) is 8.88. The van der Waals surface area contributed by atoms with Crippen molar-refractivity contribution < 1.29 is 13.2 Å². The molecule has 116 valence electrons. The summed E-state index contributed by atoms with van der Waals surface area (Å²) in [5.41, 5.74) is 1.72. The quantitative estimate of drug-likeness (QED) is 0.850. The molecule has 21 heavy (non-hydrogen) atoms. The van der Waals surface area contributed by atoms with Gasteiger partial charge in [0.1, 0.15) is 0 Å². The molecule has 5 nitrogen and oxygen atoms in total. The molecule has 2 rings (SSSR count). The second-order valence-corrected chi connectivity index (χ2v) is 7.57. The van der Waals surface area contributed by atoms with E-state index in [1.54, 1.807) is 17.9 Å². The fraction of sp³-hybridized carbons (Fsp3) is 0.533. The van der Waals surface area contributed by atoms with E-state index in [0.717, 1.165) is 5.56 Å². The minimum Gasteiger partial charge on any atom is -0.337 e. The molecule has 1 aliphatic heterocycles. The Morgan fingerprint density at radius 1 is 1.19 bits per heavy atom. The zero-order valence-electron chi connectivity index (χ0n) is 12.6. The molecule has 0 spiro atoms. The summed E-state index contributed by atoms with van der Waals surface area (Å²) in [6, 6.07) is 7.50. The summed E-state index contributed by atoms with van der Waals surface area (Å²) in [4.78, 5) is 14.2. The lowest BCUT2D eigenvalue weighted by atomic mass is 10.1. The van der Waals surface area contributed by atoms with Crippen molar-refractivity contribution in [2.45, 2.75) is 20.3 Å². The van der Waals surface area contributed by atoms with Gasteiger partial charge in [0.15, 0.2) is 0 Å². The van der Waals surface area contributed by atoms with E-state index in [1.807, 2.05) is 25.1 Å². The fourth-order valence-electron chi connectivity index (χ4n) is 2.52. The average Bonchev–Trinajstić information content (AvgIpc) is 2.73. The Morgan fingerprint density at radius 3 is 2.62 bits per heavy atom. The number of rotatable bonds is 3. The van der Waals surface area contributed by atoms with Gasteiger partial charge in [-0.05, 0) is 32.4 Å². The van der Waals surface area contributed by atoms with Gasteiger partial charge in [0, 0.05) is 31.7 Å². The molecule has 1 aromatic carbocycles. The van der Waals surface area contributed by atoms with Gasteiger partial charge in [-0.25, -0.2) is 12.7 Å². The standard InChI is InChI=1S/C15H22N2O3S/c1-3-21(19,20)17-9-5-8-16(10-11-17)15(18)14-7-4-6-13(2)12-14/h4,6-7,12H,3,5,8-11H2,1-2H3. The average molecular weight is 310 g/mol. The normalized spacial score (nSPS) is 17.5. The third-order valence-corrected chi connectivity index (χ3v) is 5.65. The molecule has 0 aliphatic carbocycles. The van der Waals surface area contributed by atoms with E-state index in [-0.39, 0.29) is 11.7 Å². The molecule has 1 aliphatic rings. The van der Waals surface area contributed by atoms with E-state index in [1.165, 1.54) is 4.31 Å². The summed E-state index contributed by atoms with van der Waals surface area (Å²) in [6.45, 7) is 5.53. The first-order chi connectivity index (χ1) is 9.94. The summed E-state index contributed by atoms with van der Waals surface area (Å²) >= 11 is 0. The summed E-state index contributed by atoms with van der Waals surface area (Å²) in [7, 11) is -3.17. The maximum atomic E-state index is 12.5. The third-order valence-electron chi connectivity index (χ3n) is 3.77. The lowest BCUT2D eigenvalue weighted by Crippen LogP contribution is -2.37. The van der Waals surface area contributed by atoms with Crippen molar-refractivity contribution in [1.29, 1.82) is 0 Å². The van der Waals surface area contributed by atoms with Crippen LogP contribution in [-0.2, 0) is 10.0 Å². The van der Waals surface area contributed by atoms with Crippen molar-refractivity contribution >= 4 is 15.9 Å². The number of nitrogens with zero attached hydrogens (tertiary/aromatic N) is 2. The third kappa shape index (κ3) is 3.83. The SMILES string of the molecule is CCS(=O)(=O)N1CCCN(C(=O)c2cccc(C)c2)CC1. The highest BCUT2D eigenvalue weighted by Gasteiger charge is 2.25. The molecule has 0 radical (unpaired) electrons. The minimum atomic E-state index is -3.17. The highest BCUT2D eigenvalue weighted by molar-refractivity contribution is 7.89. The number of hydrogen-bond acceptors (Lipinski definition) is 3. The number of sulfonamides is 1. The molecule has 0 unspecified atom stereocenters. The zero-order valence-corrected chi connectivity index (χ0v) is 13.4. The van der Waals surface area contributed by atoms with Crippen molar-refractivity contribution in [3.63, 3.8) is 0 Å². The van der Waals surface area contributed by atoms with Gasteiger partial charge in [0.05, 0.1) is 5.75 Å². The van der Waals surface area contributed by atoms with Crippen LogP contribution in [0.3, 0.4) is 0 Å². The minimum absolute atomic E-state index is 0.0190. The van der Waals surface area contributed by atoms with Crippen LogP contribution in [0.25, 0.3) is 0 Å². The van der Waals surface area contributed by atoms with E-state index in [9.17, 15) is 13.2 Å². The van der Waals surface area contributed by atoms with Gasteiger partial charge in [-0.15, -0.1) is 0 Å². The summed E-state index contributed by atoms with van der Waals surface area (Å²) in [6.07, 6.45) is 0.677. The van der Waals surface area contributed by atoms with Gasteiger partial charge in [-0.1, -0.05) is 17.7 Å². The fourth-order valence-corrected chi connectivity index (χ4v) is 3.65. The van der Waals surface area contributed by atoms with Crippen molar-refractivity contribution in [3.8, 4) is 0 Å². The van der Waals surface area contributed by atoms with Crippen LogP contribution in [-0.4, -0.2) is 55.5 Å². The number of carbonyl (C=O) groups excluding carboxylic acids is 1. The Balaban J connectivity index is 2.08. The molecular weight excluding hydrogens is 288 g/mol. The zero-order chi connectivity index (χ0) is 15.5. The van der Waals surface area contributed by atoms with E-state index < -0.39 is 10.0 Å². The monoisotopic (exact) mass is 310 g/mol. The smallest absolute Gasteiger partial charge is 0.253 e. The number of aryl methyl sites for hydroxylation is 1. The molecule has 0 atom stereocenters. The van der Waals surface area contributed by atoms with Crippen molar-refractivity contribution in [1.82, 2.24) is 9.21 Å². The Labute approximate surface area is 126 Å². The highest BCUT2D eigenvalue weighted by Crippen LogP contribution is 2.13. The van der Waals surface area contributed by atoms with E-state index in [2.05, 4.69) is 0 Å². The number of carbonyl (C=O) groups is 1. The van der Waals surface area contributed by atoms with Crippen molar-refractivity contribution in [3.05, 3.63) is 35.4 Å². The largest absolute Gasteiger partial charge is 0.337 e. The molecule has 6 heteroatoms. The van der Waals surface area contributed by atoms with Gasteiger partial charge in [0.2, 0.25) is 10.0 Å². The second kappa shape index (κ2) is 6.58. The van der Waals surface area contributed by atoms with Gasteiger partial charge >= 0.3 is 0 Å². The van der Waals surface area contributed by atoms with Crippen LogP contribution in [0, 0.1) is 6.92 Å². The van der Waals surface area contributed by atoms with Crippen LogP contribution in [0.5, 0.6) is 0 Å². The van der Waals surface area contributed by atoms with E-state index in [0.29, 0.717) is 38.2 Å². The van der Waals surface area contributed by atoms with Crippen LogP contribution in [0.15, 0.2) is 24.3 Å². The highest BCUT2D eigenvalue weighted by atomic mass is 32.2. The van der Waals surface area contributed by atoms with Crippen LogP contribution < -0.4 is 0 Å². The Hall–Kier alpha value is -1.40. The van der Waals surface area contributed by atoms with Gasteiger partial charge < -0.3 is 4.90 Å². The molecule has 0 aromatic heterocycles. The predicted molar refractivity (Wildman–Crippen MR) is 82.7 cm³/mol. The van der Waals surface area contributed by atoms with Crippen molar-refractivity contribution in [2.24, 2.45) is 0 Å². The molecule has 0 saturated carbocycles. The first-order valence-electron chi connectivity index (χ1n) is 7.28. The number of benzene rings is 1. The molecule has 1 fully saturated rings. The van der Waals surface area contributed by atoms with E-state index in [4.69, 9.17) is 0 Å². The lowest BCUT2D eigenvalue weighted by Gasteiger charge is -2.21. The van der Waals surface area contributed by atoms with Crippen molar-refractivity contribution in [2.75, 3.05) is 31.9 Å². The summed E-state index contributed by atoms with van der Waals surface area (Å²) in [5.74, 6) is 0.0909. The van der Waals surface area contributed by atoms with Crippen LogP contribution in [0.1, 0.15) is 29.3 Å². The molecule has 1 aromatic rings. The van der Waals surface area contributed by atoms with Gasteiger partial charge in [-0.3, -0.25) is 4.79 Å². The topological polar surface area (TPSA) is 57.7 Å². The van der Waals surface area contributed by atoms with Crippen LogP contribution >= 0.6 is 0 Å². The van der Waals surface area contributed by atoms with E-state index >= 15 is 0 Å². The maximum Gasteiger partial charge on any atom is 0.253 e. The molecular formula is C15H22N2O3S. The van der Waals surface area contributed by atoms with Crippen LogP contribution in [0.4, 0.5) is 0 Å². The molecule has 1 amide bonds. The lowest BCUT2D eigenvalue weighted by molar-refractivity contribution is 0.0764. The summed E-state index contributed by atoms with van der Waals surface area (Å²) < 4.78 is 25.3. The molecule has 0 bridgehead atoms. The Morgan fingerprint density at radius 2 is 1.95 bits per heavy atom. The molecule has 1 saturated heterocycles.